The van der Waals surface area contributed by atoms with Crippen molar-refractivity contribution in [2.24, 2.45) is 0 Å². The largest absolute Gasteiger partial charge is 0.493 e. The van der Waals surface area contributed by atoms with Gasteiger partial charge in [0.15, 0.2) is 17.3 Å². The molecule has 0 fully saturated rings. The number of likely N-dealkylation sites (N-methyl/N-ethyl adjacent to an activating group) is 1. The summed E-state index contributed by atoms with van der Waals surface area (Å²) in [6.07, 6.45) is 1.73. The number of methoxy groups -OCH3 is 3. The van der Waals surface area contributed by atoms with E-state index in [9.17, 15) is 4.79 Å². The molecule has 0 saturated heterocycles. The van der Waals surface area contributed by atoms with Crippen LogP contribution in [0.4, 0.5) is 5.69 Å². The Balaban J connectivity index is 1.53. The van der Waals surface area contributed by atoms with Crippen LogP contribution in [-0.2, 0) is 10.2 Å². The molecule has 0 spiro atoms. The number of benzene rings is 2. The number of hydrogen-bond acceptors (Lipinski definition) is 9. The van der Waals surface area contributed by atoms with Crippen molar-refractivity contribution in [2.45, 2.75) is 36.7 Å². The summed E-state index contributed by atoms with van der Waals surface area (Å²) in [7, 11) is 6.61. The Morgan fingerprint density at radius 2 is 1.74 bits per heavy atom. The first kappa shape index (κ1) is 24.7. The molecule has 0 saturated carbocycles. The van der Waals surface area contributed by atoms with Gasteiger partial charge in [0.05, 0.1) is 26.6 Å². The number of allylic oxidation sites excluding steroid dienone is 2. The maximum Gasteiger partial charge on any atom is 0.277 e. The Hall–Kier alpha value is -3.46. The average Bonchev–Trinajstić information content (AvgIpc) is 3.40. The van der Waals surface area contributed by atoms with Gasteiger partial charge in [-0.05, 0) is 30.7 Å². The fourth-order valence-electron chi connectivity index (χ4n) is 4.30. The number of thioether (sulfide) groups is 1. The molecule has 1 aliphatic heterocycles. The first-order chi connectivity index (χ1) is 16.7. The molecule has 35 heavy (non-hydrogen) atoms. The Morgan fingerprint density at radius 3 is 2.34 bits per heavy atom. The minimum atomic E-state index is -0.413. The van der Waals surface area contributed by atoms with Gasteiger partial charge in [-0.25, -0.2) is 0 Å². The zero-order valence-electron chi connectivity index (χ0n) is 20.9. The van der Waals surface area contributed by atoms with Crippen LogP contribution in [-0.4, -0.2) is 49.6 Å². The molecule has 0 radical (unpaired) electrons. The van der Waals surface area contributed by atoms with E-state index in [1.807, 2.05) is 26.1 Å². The van der Waals surface area contributed by atoms with Gasteiger partial charge in [0.2, 0.25) is 11.6 Å². The molecule has 184 valence electrons. The number of hydrogen-bond donors (Lipinski definition) is 0. The van der Waals surface area contributed by atoms with E-state index in [0.29, 0.717) is 28.0 Å². The van der Waals surface area contributed by atoms with Crippen molar-refractivity contribution in [3.63, 3.8) is 0 Å². The normalized spacial score (nSPS) is 16.2. The topological polar surface area (TPSA) is 86.9 Å². The van der Waals surface area contributed by atoms with E-state index in [0.717, 1.165) is 11.4 Å². The van der Waals surface area contributed by atoms with Crippen molar-refractivity contribution in [3.8, 4) is 28.7 Å². The quantitative estimate of drug-likeness (QED) is 0.312. The van der Waals surface area contributed by atoms with Gasteiger partial charge in [0.1, 0.15) is 0 Å². The number of para-hydroxylation sites is 1. The van der Waals surface area contributed by atoms with Crippen molar-refractivity contribution < 1.29 is 23.4 Å². The standard InChI is InChI=1S/C26H29N3O5S/c1-15(19(30)14-22-26(2,3)17-10-8-9-11-18(17)29(22)4)35-25-28-27-24(34-25)16-12-20(31-5)23(33-7)21(13-16)32-6/h8-15H,1-7H3/b22-14+. The number of rotatable bonds is 8. The van der Waals surface area contributed by atoms with Crippen LogP contribution in [0.15, 0.2) is 57.8 Å². The SMILES string of the molecule is COc1cc(-c2nnc(SC(C)C(=O)/C=C3/N(C)c4ccccc4C3(C)C)o2)cc(OC)c1OC. The van der Waals surface area contributed by atoms with Gasteiger partial charge in [0.25, 0.3) is 5.22 Å². The Bertz CT molecular complexity index is 1260. The van der Waals surface area contributed by atoms with Crippen molar-refractivity contribution in [3.05, 3.63) is 53.7 Å². The molecule has 0 aliphatic carbocycles. The fourth-order valence-corrected chi connectivity index (χ4v) is 5.00. The van der Waals surface area contributed by atoms with Crippen molar-refractivity contribution >= 4 is 23.2 Å². The highest BCUT2D eigenvalue weighted by molar-refractivity contribution is 8.00. The van der Waals surface area contributed by atoms with E-state index < -0.39 is 5.25 Å². The summed E-state index contributed by atoms with van der Waals surface area (Å²) >= 11 is 1.22. The predicted octanol–water partition coefficient (Wildman–Crippen LogP) is 5.12. The second-order valence-corrected chi connectivity index (χ2v) is 9.97. The predicted molar refractivity (Wildman–Crippen MR) is 136 cm³/mol. The van der Waals surface area contributed by atoms with Gasteiger partial charge >= 0.3 is 0 Å². The number of aromatic nitrogens is 2. The molecule has 1 aliphatic rings. The van der Waals surface area contributed by atoms with Gasteiger partial charge in [-0.3, -0.25) is 4.79 Å². The summed E-state index contributed by atoms with van der Waals surface area (Å²) in [4.78, 5) is 15.2. The molecule has 9 heteroatoms. The summed E-state index contributed by atoms with van der Waals surface area (Å²) in [5, 5.41) is 8.16. The summed E-state index contributed by atoms with van der Waals surface area (Å²) in [6, 6.07) is 11.7. The second-order valence-electron chi connectivity index (χ2n) is 8.68. The maximum absolute atomic E-state index is 13.1. The minimum Gasteiger partial charge on any atom is -0.493 e. The third kappa shape index (κ3) is 4.48. The molecule has 0 bridgehead atoms. The summed E-state index contributed by atoms with van der Waals surface area (Å²) in [6.45, 7) is 6.10. The Kier molecular flexibility index (Phi) is 6.80. The zero-order valence-corrected chi connectivity index (χ0v) is 21.7. The number of carbonyl (C=O) groups is 1. The minimum absolute atomic E-state index is 0.0229. The van der Waals surface area contributed by atoms with Crippen molar-refractivity contribution in [1.29, 1.82) is 0 Å². The van der Waals surface area contributed by atoms with Gasteiger partial charge in [-0.1, -0.05) is 43.8 Å². The van der Waals surface area contributed by atoms with Crippen LogP contribution >= 0.6 is 11.8 Å². The molecule has 1 atom stereocenters. The molecule has 3 aromatic rings. The molecular formula is C26H29N3O5S. The highest BCUT2D eigenvalue weighted by atomic mass is 32.2. The lowest BCUT2D eigenvalue weighted by atomic mass is 9.83. The van der Waals surface area contributed by atoms with E-state index in [1.54, 1.807) is 39.5 Å². The lowest BCUT2D eigenvalue weighted by Gasteiger charge is -2.24. The maximum atomic E-state index is 13.1. The smallest absolute Gasteiger partial charge is 0.277 e. The van der Waals surface area contributed by atoms with Crippen molar-refractivity contribution in [2.75, 3.05) is 33.3 Å². The number of anilines is 1. The molecule has 0 amide bonds. The van der Waals surface area contributed by atoms with Crippen LogP contribution < -0.4 is 19.1 Å². The zero-order chi connectivity index (χ0) is 25.3. The van der Waals surface area contributed by atoms with Crippen LogP contribution in [0, 0.1) is 0 Å². The Morgan fingerprint density at radius 1 is 1.09 bits per heavy atom. The highest BCUT2D eigenvalue weighted by Gasteiger charge is 2.39. The van der Waals surface area contributed by atoms with Crippen LogP contribution in [0.2, 0.25) is 0 Å². The number of nitrogens with zero attached hydrogens (tertiary/aromatic N) is 3. The Labute approximate surface area is 209 Å². The van der Waals surface area contributed by atoms with Crippen LogP contribution in [0.25, 0.3) is 11.5 Å². The van der Waals surface area contributed by atoms with E-state index in [-0.39, 0.29) is 17.1 Å². The van der Waals surface area contributed by atoms with E-state index in [1.165, 1.54) is 17.3 Å². The third-order valence-corrected chi connectivity index (χ3v) is 7.17. The van der Waals surface area contributed by atoms with Crippen LogP contribution in [0.3, 0.4) is 0 Å². The molecule has 1 aromatic heterocycles. The average molecular weight is 496 g/mol. The summed E-state index contributed by atoms with van der Waals surface area (Å²) < 4.78 is 22.0. The van der Waals surface area contributed by atoms with Gasteiger partial charge in [0, 0.05) is 35.5 Å². The number of ether oxygens (including phenoxy) is 3. The lowest BCUT2D eigenvalue weighted by Crippen LogP contribution is -2.25. The monoisotopic (exact) mass is 495 g/mol. The molecule has 0 N–H and O–H groups in total. The van der Waals surface area contributed by atoms with E-state index in [2.05, 4.69) is 41.1 Å². The van der Waals surface area contributed by atoms with Gasteiger partial charge < -0.3 is 23.5 Å². The molecule has 2 aromatic carbocycles. The first-order valence-corrected chi connectivity index (χ1v) is 12.0. The first-order valence-electron chi connectivity index (χ1n) is 11.1. The summed E-state index contributed by atoms with van der Waals surface area (Å²) in [5.74, 6) is 1.70. The number of fused-ring (bicyclic) bond motifs is 1. The molecule has 4 rings (SSSR count). The molecule has 2 heterocycles. The van der Waals surface area contributed by atoms with E-state index in [4.69, 9.17) is 18.6 Å². The summed E-state index contributed by atoms with van der Waals surface area (Å²) in [5.41, 5.74) is 3.62. The second kappa shape index (κ2) is 9.65. The van der Waals surface area contributed by atoms with Crippen LogP contribution in [0.5, 0.6) is 17.2 Å². The lowest BCUT2D eigenvalue weighted by molar-refractivity contribution is -0.114. The molecule has 8 nitrogen and oxygen atoms in total. The third-order valence-electron chi connectivity index (χ3n) is 6.22. The van der Waals surface area contributed by atoms with Gasteiger partial charge in [-0.2, -0.15) is 0 Å². The highest BCUT2D eigenvalue weighted by Crippen LogP contribution is 2.47. The van der Waals surface area contributed by atoms with Crippen LogP contribution in [0.1, 0.15) is 26.3 Å². The molecule has 1 unspecified atom stereocenters. The van der Waals surface area contributed by atoms with Gasteiger partial charge in [-0.15, -0.1) is 10.2 Å². The van der Waals surface area contributed by atoms with E-state index >= 15 is 0 Å². The fraction of sp³-hybridized carbons (Fsp3) is 0.346. The van der Waals surface area contributed by atoms with Crippen molar-refractivity contribution in [1.82, 2.24) is 10.2 Å². The number of carbonyl (C=O) groups excluding carboxylic acids is 1. The molecular weight excluding hydrogens is 466 g/mol. The number of ketones is 1.